The van der Waals surface area contributed by atoms with Crippen LogP contribution >= 0.6 is 0 Å². The van der Waals surface area contributed by atoms with Crippen molar-refractivity contribution in [2.24, 2.45) is 0 Å². The summed E-state index contributed by atoms with van der Waals surface area (Å²) in [6.07, 6.45) is 0.951. The Morgan fingerprint density at radius 2 is 1.25 bits per heavy atom. The number of hydrogen-bond acceptors (Lipinski definition) is 8. The first-order chi connectivity index (χ1) is 20.9. The first-order valence-electron chi connectivity index (χ1n) is 13.9. The van der Waals surface area contributed by atoms with E-state index < -0.39 is 23.6 Å². The number of pyridine rings is 1. The number of anilines is 2. The number of nitrogens with zero attached hydrogens (tertiary/aromatic N) is 2. The van der Waals surface area contributed by atoms with Gasteiger partial charge in [0.15, 0.2) is 0 Å². The maximum absolute atomic E-state index is 14.0. The number of methoxy groups -OCH3 is 3. The molecule has 0 spiro atoms. The lowest BCUT2D eigenvalue weighted by Gasteiger charge is -2.29. The van der Waals surface area contributed by atoms with E-state index in [1.165, 1.54) is 19.1 Å². The molecule has 9 nitrogen and oxygen atoms in total. The van der Waals surface area contributed by atoms with Crippen molar-refractivity contribution in [1.29, 1.82) is 0 Å². The first-order valence-corrected chi connectivity index (χ1v) is 13.9. The van der Waals surface area contributed by atoms with Crippen LogP contribution in [0.3, 0.4) is 0 Å². The van der Waals surface area contributed by atoms with Crippen molar-refractivity contribution in [3.8, 4) is 28.0 Å². The average molecular weight is 597 g/mol. The molecule has 0 aliphatic heterocycles. The van der Waals surface area contributed by atoms with Gasteiger partial charge in [-0.1, -0.05) is 36.4 Å². The lowest BCUT2D eigenvalue weighted by atomic mass is 9.93. The molecule has 0 aliphatic carbocycles. The lowest BCUT2D eigenvalue weighted by Crippen LogP contribution is -2.34. The summed E-state index contributed by atoms with van der Waals surface area (Å²) in [6.45, 7) is 9.02. The van der Waals surface area contributed by atoms with E-state index in [1.807, 2.05) is 19.9 Å². The zero-order chi connectivity index (χ0) is 32.2. The molecule has 0 fully saturated rings. The molecule has 3 aromatic carbocycles. The molecular formula is C35H36N2O7. The highest BCUT2D eigenvalue weighted by Gasteiger charge is 2.30. The Hall–Kier alpha value is -5.18. The summed E-state index contributed by atoms with van der Waals surface area (Å²) in [6, 6.07) is 19.4. The third-order valence-electron chi connectivity index (χ3n) is 6.87. The van der Waals surface area contributed by atoms with E-state index in [0.717, 1.165) is 5.56 Å². The summed E-state index contributed by atoms with van der Waals surface area (Å²) >= 11 is 0. The lowest BCUT2D eigenvalue weighted by molar-refractivity contribution is 0.0588. The van der Waals surface area contributed by atoms with E-state index in [4.69, 9.17) is 18.9 Å². The number of hydrogen-bond donors (Lipinski definition) is 0. The number of aromatic nitrogens is 1. The van der Waals surface area contributed by atoms with Crippen LogP contribution in [0.5, 0.6) is 5.75 Å². The third kappa shape index (κ3) is 6.57. The van der Waals surface area contributed by atoms with Crippen molar-refractivity contribution in [2.45, 2.75) is 40.2 Å². The fourth-order valence-electron chi connectivity index (χ4n) is 4.97. The number of carbonyl (C=O) groups excluding carboxylic acids is 3. The molecule has 228 valence electrons. The summed E-state index contributed by atoms with van der Waals surface area (Å²) in [5.74, 6) is -0.168. The van der Waals surface area contributed by atoms with Gasteiger partial charge in [0.05, 0.1) is 38.1 Å². The molecule has 0 aliphatic rings. The van der Waals surface area contributed by atoms with E-state index in [2.05, 4.69) is 4.98 Å². The van der Waals surface area contributed by atoms with Crippen LogP contribution in [0.2, 0.25) is 0 Å². The third-order valence-corrected chi connectivity index (χ3v) is 6.87. The Morgan fingerprint density at radius 1 is 0.750 bits per heavy atom. The van der Waals surface area contributed by atoms with Crippen molar-refractivity contribution in [3.63, 3.8) is 0 Å². The van der Waals surface area contributed by atoms with Gasteiger partial charge in [0.2, 0.25) is 0 Å². The molecule has 0 radical (unpaired) electrons. The number of esters is 2. The standard InChI is InChI=1S/C35H36N2O7/c1-21-20-36-31(22(2)30(21)41-6)37(34(40)44-35(3,4)5)25-18-23(26-13-9-11-15-28(26)32(38)42-7)17-24(19-25)27-14-10-12-16-29(27)33(39)43-8/h9-20H,1-8H3. The van der Waals surface area contributed by atoms with Crippen LogP contribution in [-0.4, -0.2) is 49.9 Å². The summed E-state index contributed by atoms with van der Waals surface area (Å²) in [5, 5.41) is 0. The van der Waals surface area contributed by atoms with E-state index in [0.29, 0.717) is 56.2 Å². The fraction of sp³-hybridized carbons (Fsp3) is 0.257. The quantitative estimate of drug-likeness (QED) is 0.158. The number of carbonyl (C=O) groups is 3. The van der Waals surface area contributed by atoms with Gasteiger partial charge in [-0.05, 0) is 87.2 Å². The zero-order valence-electron chi connectivity index (χ0n) is 26.2. The molecule has 1 heterocycles. The monoisotopic (exact) mass is 596 g/mol. The van der Waals surface area contributed by atoms with Gasteiger partial charge in [0.1, 0.15) is 17.2 Å². The highest BCUT2D eigenvalue weighted by molar-refractivity contribution is 6.03. The number of benzene rings is 3. The minimum Gasteiger partial charge on any atom is -0.496 e. The summed E-state index contributed by atoms with van der Waals surface area (Å²) in [4.78, 5) is 45.6. The van der Waals surface area contributed by atoms with E-state index in [1.54, 1.807) is 94.7 Å². The predicted octanol–water partition coefficient (Wildman–Crippen LogP) is 7.69. The van der Waals surface area contributed by atoms with Gasteiger partial charge < -0.3 is 18.9 Å². The van der Waals surface area contributed by atoms with Gasteiger partial charge in [-0.15, -0.1) is 0 Å². The molecule has 1 amide bonds. The van der Waals surface area contributed by atoms with Crippen molar-refractivity contribution in [3.05, 3.63) is 95.2 Å². The fourth-order valence-corrected chi connectivity index (χ4v) is 4.97. The van der Waals surface area contributed by atoms with Crippen LogP contribution in [0.15, 0.2) is 72.9 Å². The molecule has 4 aromatic rings. The SMILES string of the molecule is COC(=O)c1ccccc1-c1cc(-c2ccccc2C(=O)OC)cc(N(C(=O)OC(C)(C)C)c2ncc(C)c(OC)c2C)c1. The number of amides is 1. The summed E-state index contributed by atoms with van der Waals surface area (Å²) in [5.41, 5.74) is 3.93. The van der Waals surface area contributed by atoms with Crippen LogP contribution in [0.4, 0.5) is 16.3 Å². The first kappa shape index (κ1) is 31.7. The van der Waals surface area contributed by atoms with Crippen LogP contribution in [0, 0.1) is 13.8 Å². The van der Waals surface area contributed by atoms with Crippen LogP contribution in [0.25, 0.3) is 22.3 Å². The van der Waals surface area contributed by atoms with Gasteiger partial charge >= 0.3 is 18.0 Å². The molecule has 0 saturated heterocycles. The van der Waals surface area contributed by atoms with Gasteiger partial charge in [-0.3, -0.25) is 0 Å². The molecule has 0 atom stereocenters. The van der Waals surface area contributed by atoms with Gasteiger partial charge in [-0.2, -0.15) is 0 Å². The smallest absolute Gasteiger partial charge is 0.420 e. The van der Waals surface area contributed by atoms with Crippen molar-refractivity contribution in [2.75, 3.05) is 26.2 Å². The molecule has 4 rings (SSSR count). The molecule has 0 saturated carbocycles. The molecule has 0 bridgehead atoms. The maximum atomic E-state index is 14.0. The minimum atomic E-state index is -0.826. The number of ether oxygens (including phenoxy) is 4. The van der Waals surface area contributed by atoms with Gasteiger partial charge in [0, 0.05) is 17.3 Å². The molecule has 1 aromatic heterocycles. The second-order valence-electron chi connectivity index (χ2n) is 11.1. The maximum Gasteiger partial charge on any atom is 0.420 e. The summed E-state index contributed by atoms with van der Waals surface area (Å²) < 4.78 is 21.7. The highest BCUT2D eigenvalue weighted by Crippen LogP contribution is 2.40. The zero-order valence-corrected chi connectivity index (χ0v) is 26.2. The average Bonchev–Trinajstić information content (AvgIpc) is 3.00. The number of aryl methyl sites for hydroxylation is 1. The predicted molar refractivity (Wildman–Crippen MR) is 169 cm³/mol. The Balaban J connectivity index is 2.10. The van der Waals surface area contributed by atoms with Gasteiger partial charge in [0.25, 0.3) is 0 Å². The van der Waals surface area contributed by atoms with Crippen molar-refractivity contribution >= 4 is 29.5 Å². The molecule has 44 heavy (non-hydrogen) atoms. The Kier molecular flexibility index (Phi) is 9.37. The van der Waals surface area contributed by atoms with E-state index in [9.17, 15) is 14.4 Å². The molecular weight excluding hydrogens is 560 g/mol. The Labute approximate surface area is 257 Å². The topological polar surface area (TPSA) is 104 Å². The Morgan fingerprint density at radius 3 is 1.70 bits per heavy atom. The van der Waals surface area contributed by atoms with Crippen LogP contribution in [-0.2, 0) is 14.2 Å². The second kappa shape index (κ2) is 13.0. The normalized spacial score (nSPS) is 11.0. The Bertz CT molecular complexity index is 1650. The van der Waals surface area contributed by atoms with Crippen LogP contribution < -0.4 is 9.64 Å². The van der Waals surface area contributed by atoms with Gasteiger partial charge in [-0.25, -0.2) is 24.3 Å². The van der Waals surface area contributed by atoms with E-state index >= 15 is 0 Å². The highest BCUT2D eigenvalue weighted by atomic mass is 16.6. The molecule has 0 N–H and O–H groups in total. The second-order valence-corrected chi connectivity index (χ2v) is 11.1. The van der Waals surface area contributed by atoms with Crippen molar-refractivity contribution < 1.29 is 33.3 Å². The van der Waals surface area contributed by atoms with Crippen molar-refractivity contribution in [1.82, 2.24) is 4.98 Å². The number of rotatable bonds is 7. The largest absolute Gasteiger partial charge is 0.496 e. The molecule has 0 unspecified atom stereocenters. The van der Waals surface area contributed by atoms with Crippen LogP contribution in [0.1, 0.15) is 52.6 Å². The summed E-state index contributed by atoms with van der Waals surface area (Å²) in [7, 11) is 4.19. The van der Waals surface area contributed by atoms with E-state index in [-0.39, 0.29) is 0 Å². The molecule has 9 heteroatoms. The minimum absolute atomic E-state index is 0.298.